The van der Waals surface area contributed by atoms with E-state index in [0.29, 0.717) is 6.54 Å². The smallest absolute Gasteiger partial charge is 0.293 e. The maximum atomic E-state index is 12.3. The van der Waals surface area contributed by atoms with Crippen LogP contribution in [0.2, 0.25) is 0 Å². The van der Waals surface area contributed by atoms with Gasteiger partial charge in [0.15, 0.2) is 0 Å². The maximum absolute atomic E-state index is 12.3. The van der Waals surface area contributed by atoms with Gasteiger partial charge in [-0.05, 0) is 12.5 Å². The van der Waals surface area contributed by atoms with E-state index in [-0.39, 0.29) is 22.2 Å². The third-order valence-corrected chi connectivity index (χ3v) is 3.15. The number of nitro benzene ring substituents is 1. The van der Waals surface area contributed by atoms with Gasteiger partial charge < -0.3 is 10.3 Å². The standard InChI is InChI=1S/C14H15N3O4/c1-2-3-7-15-14(19)10-8-16-12-9(13(10)18)5-4-6-11(12)17(20)21/h4-6,8H,2-3,7H2,1H3,(H,15,19)(H,16,18). The predicted molar refractivity (Wildman–Crippen MR) is 78.5 cm³/mol. The van der Waals surface area contributed by atoms with Crippen molar-refractivity contribution in [2.24, 2.45) is 0 Å². The number of pyridine rings is 1. The van der Waals surface area contributed by atoms with Gasteiger partial charge in [-0.25, -0.2) is 0 Å². The fourth-order valence-electron chi connectivity index (χ4n) is 2.03. The Morgan fingerprint density at radius 1 is 1.43 bits per heavy atom. The Morgan fingerprint density at radius 2 is 2.19 bits per heavy atom. The summed E-state index contributed by atoms with van der Waals surface area (Å²) in [7, 11) is 0. The summed E-state index contributed by atoms with van der Waals surface area (Å²) in [4.78, 5) is 37.2. The van der Waals surface area contributed by atoms with Crippen LogP contribution in [0.15, 0.2) is 29.2 Å². The molecule has 0 aliphatic heterocycles. The Bertz CT molecular complexity index is 751. The molecule has 2 rings (SSSR count). The summed E-state index contributed by atoms with van der Waals surface area (Å²) in [6, 6.07) is 4.19. The van der Waals surface area contributed by atoms with Gasteiger partial charge >= 0.3 is 0 Å². The summed E-state index contributed by atoms with van der Waals surface area (Å²) < 4.78 is 0. The van der Waals surface area contributed by atoms with Crippen molar-refractivity contribution in [1.82, 2.24) is 10.3 Å². The first-order chi connectivity index (χ1) is 10.1. The van der Waals surface area contributed by atoms with Crippen LogP contribution in [0.25, 0.3) is 10.9 Å². The normalized spacial score (nSPS) is 10.5. The molecule has 0 aliphatic rings. The lowest BCUT2D eigenvalue weighted by molar-refractivity contribution is -0.383. The quantitative estimate of drug-likeness (QED) is 0.498. The van der Waals surface area contributed by atoms with Gasteiger partial charge in [-0.2, -0.15) is 0 Å². The zero-order valence-electron chi connectivity index (χ0n) is 11.5. The number of hydrogen-bond acceptors (Lipinski definition) is 4. The van der Waals surface area contributed by atoms with E-state index in [9.17, 15) is 19.7 Å². The topological polar surface area (TPSA) is 105 Å². The molecule has 0 fully saturated rings. The van der Waals surface area contributed by atoms with Gasteiger partial charge in [0.2, 0.25) is 5.43 Å². The van der Waals surface area contributed by atoms with Crippen LogP contribution in [0.3, 0.4) is 0 Å². The van der Waals surface area contributed by atoms with Crippen LogP contribution in [-0.2, 0) is 0 Å². The van der Waals surface area contributed by atoms with E-state index in [1.54, 1.807) is 0 Å². The zero-order valence-corrected chi connectivity index (χ0v) is 11.5. The van der Waals surface area contributed by atoms with E-state index >= 15 is 0 Å². The number of non-ortho nitro benzene ring substituents is 1. The average Bonchev–Trinajstić information content (AvgIpc) is 2.47. The first-order valence-electron chi connectivity index (χ1n) is 6.63. The number of nitro groups is 1. The van der Waals surface area contributed by atoms with Crippen molar-refractivity contribution in [3.05, 3.63) is 50.3 Å². The Morgan fingerprint density at radius 3 is 2.86 bits per heavy atom. The van der Waals surface area contributed by atoms with Crippen LogP contribution in [0.1, 0.15) is 30.1 Å². The van der Waals surface area contributed by atoms with Crippen LogP contribution in [0.5, 0.6) is 0 Å². The van der Waals surface area contributed by atoms with Gasteiger partial charge in [-0.15, -0.1) is 0 Å². The van der Waals surface area contributed by atoms with Crippen LogP contribution in [0.4, 0.5) is 5.69 Å². The van der Waals surface area contributed by atoms with E-state index in [0.717, 1.165) is 12.8 Å². The van der Waals surface area contributed by atoms with Crippen molar-refractivity contribution >= 4 is 22.5 Å². The zero-order chi connectivity index (χ0) is 15.4. The van der Waals surface area contributed by atoms with Gasteiger partial charge in [-0.1, -0.05) is 19.4 Å². The van der Waals surface area contributed by atoms with Gasteiger partial charge in [0, 0.05) is 18.8 Å². The van der Waals surface area contributed by atoms with Crippen LogP contribution in [-0.4, -0.2) is 22.4 Å². The predicted octanol–water partition coefficient (Wildman–Crippen LogP) is 1.97. The summed E-state index contributed by atoms with van der Waals surface area (Å²) in [5.74, 6) is -0.474. The number of carbonyl (C=O) groups is 1. The number of rotatable bonds is 5. The number of hydrogen-bond donors (Lipinski definition) is 2. The van der Waals surface area contributed by atoms with Crippen molar-refractivity contribution in [2.45, 2.75) is 19.8 Å². The molecule has 1 aromatic heterocycles. The lowest BCUT2D eigenvalue weighted by atomic mass is 10.1. The SMILES string of the molecule is CCCCNC(=O)c1c[nH]c2c([N+](=O)[O-])cccc2c1=O. The lowest BCUT2D eigenvalue weighted by Gasteiger charge is -2.05. The molecule has 1 amide bonds. The van der Waals surface area contributed by atoms with E-state index in [4.69, 9.17) is 0 Å². The number of nitrogens with one attached hydrogen (secondary N) is 2. The molecule has 7 nitrogen and oxygen atoms in total. The number of aromatic nitrogens is 1. The summed E-state index contributed by atoms with van der Waals surface area (Å²) >= 11 is 0. The van der Waals surface area contributed by atoms with E-state index in [1.807, 2.05) is 6.92 Å². The summed E-state index contributed by atoms with van der Waals surface area (Å²) in [5, 5.41) is 13.7. The fraction of sp³-hybridized carbons (Fsp3) is 0.286. The molecule has 110 valence electrons. The second kappa shape index (κ2) is 6.17. The maximum Gasteiger partial charge on any atom is 0.293 e. The molecule has 0 atom stereocenters. The van der Waals surface area contributed by atoms with E-state index < -0.39 is 16.3 Å². The Hall–Kier alpha value is -2.70. The Kier molecular flexibility index (Phi) is 4.32. The number of aromatic amines is 1. The van der Waals surface area contributed by atoms with Crippen molar-refractivity contribution in [1.29, 1.82) is 0 Å². The number of benzene rings is 1. The van der Waals surface area contributed by atoms with E-state index in [2.05, 4.69) is 10.3 Å². The average molecular weight is 289 g/mol. The number of carbonyl (C=O) groups excluding carboxylic acids is 1. The number of unbranched alkanes of at least 4 members (excludes halogenated alkanes) is 1. The van der Waals surface area contributed by atoms with Gasteiger partial charge in [0.25, 0.3) is 11.6 Å². The Balaban J connectivity index is 2.45. The van der Waals surface area contributed by atoms with Crippen molar-refractivity contribution in [3.8, 4) is 0 Å². The van der Waals surface area contributed by atoms with Crippen molar-refractivity contribution < 1.29 is 9.72 Å². The van der Waals surface area contributed by atoms with E-state index in [1.165, 1.54) is 24.4 Å². The molecule has 1 heterocycles. The highest BCUT2D eigenvalue weighted by Gasteiger charge is 2.17. The molecule has 2 N–H and O–H groups in total. The highest BCUT2D eigenvalue weighted by Crippen LogP contribution is 2.20. The minimum absolute atomic E-state index is 0.0425. The lowest BCUT2D eigenvalue weighted by Crippen LogP contribution is -2.29. The third-order valence-electron chi connectivity index (χ3n) is 3.15. The minimum atomic E-state index is -0.570. The summed E-state index contributed by atoms with van der Waals surface area (Å²) in [6.45, 7) is 2.48. The van der Waals surface area contributed by atoms with Gasteiger partial charge in [0.1, 0.15) is 11.1 Å². The highest BCUT2D eigenvalue weighted by molar-refractivity contribution is 5.98. The molecular weight excluding hydrogens is 274 g/mol. The number of fused-ring (bicyclic) bond motifs is 1. The highest BCUT2D eigenvalue weighted by atomic mass is 16.6. The molecular formula is C14H15N3O4. The fourth-order valence-corrected chi connectivity index (χ4v) is 2.03. The number of nitrogens with zero attached hydrogens (tertiary/aromatic N) is 1. The van der Waals surface area contributed by atoms with Crippen LogP contribution in [0, 0.1) is 10.1 Å². The second-order valence-corrected chi connectivity index (χ2v) is 4.60. The Labute approximate surface area is 120 Å². The molecule has 0 bridgehead atoms. The third kappa shape index (κ3) is 2.91. The summed E-state index contributed by atoms with van der Waals surface area (Å²) in [6.07, 6.45) is 2.97. The molecule has 21 heavy (non-hydrogen) atoms. The monoisotopic (exact) mass is 289 g/mol. The number of H-pyrrole nitrogens is 1. The van der Waals surface area contributed by atoms with Crippen LogP contribution < -0.4 is 10.7 Å². The van der Waals surface area contributed by atoms with Crippen LogP contribution >= 0.6 is 0 Å². The molecule has 0 spiro atoms. The number of para-hydroxylation sites is 1. The van der Waals surface area contributed by atoms with Crippen molar-refractivity contribution in [3.63, 3.8) is 0 Å². The molecule has 0 saturated heterocycles. The summed E-state index contributed by atoms with van der Waals surface area (Å²) in [5.41, 5.74) is -0.624. The molecule has 1 aromatic carbocycles. The second-order valence-electron chi connectivity index (χ2n) is 4.60. The number of amides is 1. The van der Waals surface area contributed by atoms with Gasteiger partial charge in [-0.3, -0.25) is 19.7 Å². The molecule has 0 saturated carbocycles. The molecule has 0 radical (unpaired) electrons. The molecule has 7 heteroatoms. The largest absolute Gasteiger partial charge is 0.355 e. The molecule has 0 unspecified atom stereocenters. The molecule has 0 aliphatic carbocycles. The van der Waals surface area contributed by atoms with Crippen molar-refractivity contribution in [2.75, 3.05) is 6.54 Å². The first-order valence-corrected chi connectivity index (χ1v) is 6.63. The molecule has 2 aromatic rings. The first kappa shape index (κ1) is 14.7. The van der Waals surface area contributed by atoms with Gasteiger partial charge in [0.05, 0.1) is 10.3 Å². The minimum Gasteiger partial charge on any atom is -0.355 e.